The number of aromatic hydroxyl groups is 1. The molecule has 25 heavy (non-hydrogen) atoms. The predicted octanol–water partition coefficient (Wildman–Crippen LogP) is 3.99. The van der Waals surface area contributed by atoms with Crippen molar-refractivity contribution in [2.45, 2.75) is 0 Å². The molecule has 0 aliphatic heterocycles. The van der Waals surface area contributed by atoms with Crippen molar-refractivity contribution in [3.8, 4) is 5.75 Å². The Kier molecular flexibility index (Phi) is 4.86. The van der Waals surface area contributed by atoms with Gasteiger partial charge in [0.15, 0.2) is 6.61 Å². The monoisotopic (exact) mass is 355 g/mol. The molecule has 0 spiro atoms. The van der Waals surface area contributed by atoms with E-state index in [-0.39, 0.29) is 11.3 Å². The van der Waals surface area contributed by atoms with E-state index in [4.69, 9.17) is 16.3 Å². The van der Waals surface area contributed by atoms with Crippen LogP contribution >= 0.6 is 11.6 Å². The van der Waals surface area contributed by atoms with Gasteiger partial charge in [-0.05, 0) is 41.1 Å². The topological polar surface area (TPSA) is 75.6 Å². The van der Waals surface area contributed by atoms with Gasteiger partial charge in [0.25, 0.3) is 5.91 Å². The SMILES string of the molecule is O=C(COC(=O)c1cc2ccccc2cc1O)Nc1cccc(Cl)c1. The van der Waals surface area contributed by atoms with E-state index >= 15 is 0 Å². The molecule has 0 atom stereocenters. The fraction of sp³-hybridized carbons (Fsp3) is 0.0526. The average Bonchev–Trinajstić information content (AvgIpc) is 2.59. The largest absolute Gasteiger partial charge is 0.507 e. The highest BCUT2D eigenvalue weighted by molar-refractivity contribution is 6.30. The van der Waals surface area contributed by atoms with Gasteiger partial charge in [-0.25, -0.2) is 4.79 Å². The van der Waals surface area contributed by atoms with E-state index in [0.29, 0.717) is 10.7 Å². The first-order valence-corrected chi connectivity index (χ1v) is 7.85. The molecule has 3 rings (SSSR count). The highest BCUT2D eigenvalue weighted by atomic mass is 35.5. The fourth-order valence-corrected chi connectivity index (χ4v) is 2.55. The summed E-state index contributed by atoms with van der Waals surface area (Å²) in [5.74, 6) is -1.47. The molecule has 0 fully saturated rings. The van der Waals surface area contributed by atoms with E-state index in [1.807, 2.05) is 24.3 Å². The zero-order valence-electron chi connectivity index (χ0n) is 13.0. The number of carbonyl (C=O) groups excluding carboxylic acids is 2. The van der Waals surface area contributed by atoms with Crippen molar-refractivity contribution in [3.63, 3.8) is 0 Å². The first-order valence-electron chi connectivity index (χ1n) is 7.47. The predicted molar refractivity (Wildman–Crippen MR) is 96.0 cm³/mol. The molecule has 0 saturated carbocycles. The average molecular weight is 356 g/mol. The summed E-state index contributed by atoms with van der Waals surface area (Å²) in [4.78, 5) is 24.0. The quantitative estimate of drug-likeness (QED) is 0.694. The van der Waals surface area contributed by atoms with Crippen LogP contribution in [0.4, 0.5) is 5.69 Å². The Morgan fingerprint density at radius 3 is 2.44 bits per heavy atom. The summed E-state index contributed by atoms with van der Waals surface area (Å²) in [6.07, 6.45) is 0. The number of ether oxygens (including phenoxy) is 1. The maximum atomic E-state index is 12.1. The van der Waals surface area contributed by atoms with Crippen LogP contribution in [-0.4, -0.2) is 23.6 Å². The van der Waals surface area contributed by atoms with E-state index in [1.54, 1.807) is 24.3 Å². The minimum Gasteiger partial charge on any atom is -0.507 e. The fourth-order valence-electron chi connectivity index (χ4n) is 2.36. The van der Waals surface area contributed by atoms with Gasteiger partial charge in [-0.2, -0.15) is 0 Å². The number of anilines is 1. The van der Waals surface area contributed by atoms with Gasteiger partial charge >= 0.3 is 5.97 Å². The van der Waals surface area contributed by atoms with Crippen LogP contribution in [0.5, 0.6) is 5.75 Å². The lowest BCUT2D eigenvalue weighted by atomic mass is 10.1. The summed E-state index contributed by atoms with van der Waals surface area (Å²) in [6.45, 7) is -0.475. The normalized spacial score (nSPS) is 10.4. The number of rotatable bonds is 4. The van der Waals surface area contributed by atoms with E-state index in [1.165, 1.54) is 12.1 Å². The Morgan fingerprint density at radius 1 is 1.00 bits per heavy atom. The third-order valence-electron chi connectivity index (χ3n) is 3.53. The summed E-state index contributed by atoms with van der Waals surface area (Å²) in [7, 11) is 0. The third-order valence-corrected chi connectivity index (χ3v) is 3.76. The Bertz CT molecular complexity index is 955. The van der Waals surface area contributed by atoms with E-state index in [9.17, 15) is 14.7 Å². The van der Waals surface area contributed by atoms with Crippen LogP contribution in [-0.2, 0) is 9.53 Å². The molecule has 1 amide bonds. The van der Waals surface area contributed by atoms with Crippen molar-refractivity contribution in [3.05, 3.63) is 71.2 Å². The Hall–Kier alpha value is -3.05. The van der Waals surface area contributed by atoms with Gasteiger partial charge in [0.2, 0.25) is 0 Å². The van der Waals surface area contributed by atoms with Crippen LogP contribution in [0.3, 0.4) is 0 Å². The van der Waals surface area contributed by atoms with Crippen molar-refractivity contribution in [2.24, 2.45) is 0 Å². The first kappa shape index (κ1) is 16.8. The minimum absolute atomic E-state index is 0.00857. The summed E-state index contributed by atoms with van der Waals surface area (Å²) >= 11 is 5.84. The molecule has 126 valence electrons. The highest BCUT2D eigenvalue weighted by Gasteiger charge is 2.15. The molecule has 3 aromatic carbocycles. The Labute approximate surface area is 148 Å². The summed E-state index contributed by atoms with van der Waals surface area (Å²) < 4.78 is 4.98. The maximum absolute atomic E-state index is 12.1. The van der Waals surface area contributed by atoms with Gasteiger partial charge < -0.3 is 15.2 Å². The molecule has 0 bridgehead atoms. The summed E-state index contributed by atoms with van der Waals surface area (Å²) in [5.41, 5.74) is 0.511. The van der Waals surface area contributed by atoms with Gasteiger partial charge in [0.05, 0.1) is 0 Å². The molecule has 0 aliphatic rings. The third kappa shape index (κ3) is 4.08. The van der Waals surface area contributed by atoms with Gasteiger partial charge in [-0.1, -0.05) is 41.9 Å². The molecule has 0 unspecified atom stereocenters. The summed E-state index contributed by atoms with van der Waals surface area (Å²) in [5, 5.41) is 14.6. The second kappa shape index (κ2) is 7.23. The highest BCUT2D eigenvalue weighted by Crippen LogP contribution is 2.25. The van der Waals surface area contributed by atoms with Crippen LogP contribution < -0.4 is 5.32 Å². The lowest BCUT2D eigenvalue weighted by Gasteiger charge is -2.09. The number of benzene rings is 3. The van der Waals surface area contributed by atoms with Gasteiger partial charge in [0, 0.05) is 10.7 Å². The zero-order chi connectivity index (χ0) is 17.8. The molecule has 0 aromatic heterocycles. The number of halogens is 1. The van der Waals surface area contributed by atoms with Gasteiger partial charge in [-0.15, -0.1) is 0 Å². The zero-order valence-corrected chi connectivity index (χ0v) is 13.8. The maximum Gasteiger partial charge on any atom is 0.342 e. The van der Waals surface area contributed by atoms with Crippen molar-refractivity contribution in [2.75, 3.05) is 11.9 Å². The number of hydrogen-bond acceptors (Lipinski definition) is 4. The second-order valence-corrected chi connectivity index (χ2v) is 5.79. The number of hydrogen-bond donors (Lipinski definition) is 2. The van der Waals surface area contributed by atoms with Gasteiger partial charge in [-0.3, -0.25) is 4.79 Å². The Balaban J connectivity index is 1.66. The molecule has 6 heteroatoms. The second-order valence-electron chi connectivity index (χ2n) is 5.35. The summed E-state index contributed by atoms with van der Waals surface area (Å²) in [6, 6.07) is 16.9. The molecule has 0 radical (unpaired) electrons. The molecule has 0 saturated heterocycles. The van der Waals surface area contributed by atoms with E-state index in [0.717, 1.165) is 10.8 Å². The lowest BCUT2D eigenvalue weighted by Crippen LogP contribution is -2.21. The lowest BCUT2D eigenvalue weighted by molar-refractivity contribution is -0.119. The number of phenols is 1. The standard InChI is InChI=1S/C19H14ClNO4/c20-14-6-3-7-15(10-14)21-18(23)11-25-19(24)16-8-12-4-1-2-5-13(12)9-17(16)22/h1-10,22H,11H2,(H,21,23). The van der Waals surface area contributed by atoms with Crippen molar-refractivity contribution in [1.29, 1.82) is 0 Å². The smallest absolute Gasteiger partial charge is 0.342 e. The number of phenolic OH excluding ortho intramolecular Hbond substituents is 1. The number of esters is 1. The first-order chi connectivity index (χ1) is 12.0. The molecule has 5 nitrogen and oxygen atoms in total. The molecule has 3 aromatic rings. The van der Waals surface area contributed by atoms with Crippen molar-refractivity contribution in [1.82, 2.24) is 0 Å². The number of nitrogens with one attached hydrogen (secondary N) is 1. The van der Waals surface area contributed by atoms with Gasteiger partial charge in [0.1, 0.15) is 11.3 Å². The van der Waals surface area contributed by atoms with Crippen LogP contribution in [0.1, 0.15) is 10.4 Å². The van der Waals surface area contributed by atoms with Crippen LogP contribution in [0.2, 0.25) is 5.02 Å². The van der Waals surface area contributed by atoms with Crippen LogP contribution in [0, 0.1) is 0 Å². The van der Waals surface area contributed by atoms with Crippen molar-refractivity contribution < 1.29 is 19.4 Å². The number of fused-ring (bicyclic) bond motifs is 1. The Morgan fingerprint density at radius 2 is 1.72 bits per heavy atom. The number of amides is 1. The molecular formula is C19H14ClNO4. The number of carbonyl (C=O) groups is 2. The molecule has 2 N–H and O–H groups in total. The van der Waals surface area contributed by atoms with Crippen LogP contribution in [0.15, 0.2) is 60.7 Å². The molecular weight excluding hydrogens is 342 g/mol. The van der Waals surface area contributed by atoms with Crippen molar-refractivity contribution >= 4 is 39.9 Å². The minimum atomic E-state index is -0.774. The molecule has 0 heterocycles. The van der Waals surface area contributed by atoms with E-state index in [2.05, 4.69) is 5.32 Å². The van der Waals surface area contributed by atoms with E-state index < -0.39 is 18.5 Å². The molecule has 0 aliphatic carbocycles. The van der Waals surface area contributed by atoms with Crippen LogP contribution in [0.25, 0.3) is 10.8 Å².